The standard InChI is InChI=1S/C4H4N4O2/c5-8-6-3(1-9)4(2-10)7-8/h1-2H,5H2. The zero-order chi connectivity index (χ0) is 7.56. The lowest BCUT2D eigenvalue weighted by Gasteiger charge is -1.77. The van der Waals surface area contributed by atoms with E-state index in [2.05, 4.69) is 10.2 Å². The van der Waals surface area contributed by atoms with Crippen LogP contribution < -0.4 is 5.84 Å². The highest BCUT2D eigenvalue weighted by atomic mass is 16.1. The van der Waals surface area contributed by atoms with Crippen molar-refractivity contribution in [3.8, 4) is 0 Å². The summed E-state index contributed by atoms with van der Waals surface area (Å²) in [6.07, 6.45) is 0.834. The van der Waals surface area contributed by atoms with Crippen LogP contribution in [0.1, 0.15) is 21.0 Å². The van der Waals surface area contributed by atoms with Crippen LogP contribution >= 0.6 is 0 Å². The Labute approximate surface area is 55.6 Å². The summed E-state index contributed by atoms with van der Waals surface area (Å²) in [5.41, 5.74) is -0.0880. The average Bonchev–Trinajstić information content (AvgIpc) is 2.30. The minimum atomic E-state index is -0.0440. The number of aromatic nitrogens is 3. The predicted octanol–water partition coefficient (Wildman–Crippen LogP) is -1.38. The molecule has 0 fully saturated rings. The number of nitrogen functional groups attached to an aromatic ring is 1. The molecule has 1 aromatic rings. The Hall–Kier alpha value is -1.72. The molecule has 2 N–H and O–H groups in total. The van der Waals surface area contributed by atoms with Crippen LogP contribution in [-0.2, 0) is 0 Å². The molecule has 0 atom stereocenters. The first-order valence-electron chi connectivity index (χ1n) is 2.40. The third kappa shape index (κ3) is 0.859. The summed E-state index contributed by atoms with van der Waals surface area (Å²) in [5, 5.41) is 6.77. The lowest BCUT2D eigenvalue weighted by Crippen LogP contribution is -2.12. The number of hydrogen-bond acceptors (Lipinski definition) is 5. The molecule has 0 unspecified atom stereocenters. The smallest absolute Gasteiger partial charge is 0.172 e. The first-order chi connectivity index (χ1) is 4.77. The van der Waals surface area contributed by atoms with Crippen LogP contribution in [0.5, 0.6) is 0 Å². The molecule has 1 rings (SSSR count). The average molecular weight is 140 g/mol. The highest BCUT2D eigenvalue weighted by Gasteiger charge is 2.06. The minimum Gasteiger partial charge on any atom is -0.306 e. The Morgan fingerprint density at radius 1 is 1.20 bits per heavy atom. The van der Waals surface area contributed by atoms with E-state index < -0.39 is 0 Å². The van der Waals surface area contributed by atoms with Crippen LogP contribution in [-0.4, -0.2) is 27.7 Å². The highest BCUT2D eigenvalue weighted by molar-refractivity contribution is 5.86. The van der Waals surface area contributed by atoms with Gasteiger partial charge in [-0.15, -0.1) is 10.2 Å². The highest BCUT2D eigenvalue weighted by Crippen LogP contribution is 1.92. The van der Waals surface area contributed by atoms with Gasteiger partial charge in [-0.3, -0.25) is 9.59 Å². The maximum Gasteiger partial charge on any atom is 0.172 e. The van der Waals surface area contributed by atoms with Gasteiger partial charge in [-0.05, 0) is 0 Å². The molecule has 0 saturated carbocycles. The summed E-state index contributed by atoms with van der Waals surface area (Å²) >= 11 is 0. The molecule has 1 aromatic heterocycles. The van der Waals surface area contributed by atoms with Crippen molar-refractivity contribution in [2.45, 2.75) is 0 Å². The molecule has 52 valence electrons. The molecule has 0 aliphatic carbocycles. The van der Waals surface area contributed by atoms with E-state index in [4.69, 9.17) is 5.84 Å². The maximum absolute atomic E-state index is 10.1. The first kappa shape index (κ1) is 6.40. The van der Waals surface area contributed by atoms with Crippen LogP contribution in [0.15, 0.2) is 0 Å². The van der Waals surface area contributed by atoms with Gasteiger partial charge in [0.2, 0.25) is 0 Å². The number of nitrogens with two attached hydrogens (primary N) is 1. The molecular formula is C4H4N4O2. The topological polar surface area (TPSA) is 90.9 Å². The van der Waals surface area contributed by atoms with Gasteiger partial charge in [-0.1, -0.05) is 4.91 Å². The number of carbonyl (C=O) groups is 2. The van der Waals surface area contributed by atoms with Gasteiger partial charge in [-0.25, -0.2) is 0 Å². The quantitative estimate of drug-likeness (QED) is 0.403. The molecule has 6 heteroatoms. The summed E-state index contributed by atoms with van der Waals surface area (Å²) in [4.78, 5) is 20.8. The van der Waals surface area contributed by atoms with Gasteiger partial charge < -0.3 is 5.84 Å². The fraction of sp³-hybridized carbons (Fsp3) is 0. The summed E-state index contributed by atoms with van der Waals surface area (Å²) < 4.78 is 0. The molecule has 0 bridgehead atoms. The van der Waals surface area contributed by atoms with Crippen molar-refractivity contribution in [1.29, 1.82) is 0 Å². The summed E-state index contributed by atoms with van der Waals surface area (Å²) in [6.45, 7) is 0. The van der Waals surface area contributed by atoms with Crippen molar-refractivity contribution in [2.24, 2.45) is 0 Å². The van der Waals surface area contributed by atoms with Gasteiger partial charge in [0.05, 0.1) is 0 Å². The molecular weight excluding hydrogens is 136 g/mol. The Kier molecular flexibility index (Phi) is 1.44. The third-order valence-electron chi connectivity index (χ3n) is 0.906. The molecule has 10 heavy (non-hydrogen) atoms. The lowest BCUT2D eigenvalue weighted by molar-refractivity contribution is 0.109. The molecule has 0 aromatic carbocycles. The van der Waals surface area contributed by atoms with Crippen LogP contribution in [0.4, 0.5) is 0 Å². The molecule has 0 aliphatic heterocycles. The summed E-state index contributed by atoms with van der Waals surface area (Å²) in [7, 11) is 0. The fourth-order valence-electron chi connectivity index (χ4n) is 0.513. The van der Waals surface area contributed by atoms with E-state index >= 15 is 0 Å². The van der Waals surface area contributed by atoms with E-state index in [9.17, 15) is 9.59 Å². The van der Waals surface area contributed by atoms with Gasteiger partial charge in [0.25, 0.3) is 0 Å². The fourth-order valence-corrected chi connectivity index (χ4v) is 0.513. The van der Waals surface area contributed by atoms with E-state index in [1.165, 1.54) is 0 Å². The third-order valence-corrected chi connectivity index (χ3v) is 0.906. The summed E-state index contributed by atoms with van der Waals surface area (Å²) in [5.74, 6) is 5.01. The number of aldehydes is 2. The Morgan fingerprint density at radius 2 is 1.60 bits per heavy atom. The van der Waals surface area contributed by atoms with Crippen molar-refractivity contribution in [3.63, 3.8) is 0 Å². The zero-order valence-corrected chi connectivity index (χ0v) is 4.89. The van der Waals surface area contributed by atoms with E-state index in [0.717, 1.165) is 0 Å². The van der Waals surface area contributed by atoms with Crippen molar-refractivity contribution < 1.29 is 9.59 Å². The Morgan fingerprint density at radius 3 is 1.90 bits per heavy atom. The Bertz CT molecular complexity index is 241. The number of nitrogens with zero attached hydrogens (tertiary/aromatic N) is 3. The van der Waals surface area contributed by atoms with Gasteiger partial charge in [0.1, 0.15) is 0 Å². The molecule has 0 aliphatic rings. The normalized spacial score (nSPS) is 9.20. The molecule has 0 saturated heterocycles. The van der Waals surface area contributed by atoms with Gasteiger partial charge in [0, 0.05) is 0 Å². The molecule has 1 heterocycles. The second kappa shape index (κ2) is 2.26. The van der Waals surface area contributed by atoms with Gasteiger partial charge in [0.15, 0.2) is 24.0 Å². The van der Waals surface area contributed by atoms with Crippen molar-refractivity contribution in [2.75, 3.05) is 5.84 Å². The SMILES string of the molecule is Nn1nc(C=O)c(C=O)n1. The van der Waals surface area contributed by atoms with Crippen LogP contribution in [0.2, 0.25) is 0 Å². The van der Waals surface area contributed by atoms with Crippen molar-refractivity contribution in [1.82, 2.24) is 15.1 Å². The predicted molar refractivity (Wildman–Crippen MR) is 30.9 cm³/mol. The van der Waals surface area contributed by atoms with Gasteiger partial charge >= 0.3 is 0 Å². The van der Waals surface area contributed by atoms with E-state index in [1.54, 1.807) is 0 Å². The monoisotopic (exact) mass is 140 g/mol. The Balaban J connectivity index is 3.20. The second-order valence-electron chi connectivity index (χ2n) is 1.53. The zero-order valence-electron chi connectivity index (χ0n) is 4.89. The number of rotatable bonds is 2. The molecule has 0 radical (unpaired) electrons. The van der Waals surface area contributed by atoms with E-state index in [-0.39, 0.29) is 11.4 Å². The first-order valence-corrected chi connectivity index (χ1v) is 2.40. The van der Waals surface area contributed by atoms with Crippen LogP contribution in [0, 0.1) is 0 Å². The molecule has 0 spiro atoms. The maximum atomic E-state index is 10.1. The molecule has 0 amide bonds. The van der Waals surface area contributed by atoms with E-state index in [1.807, 2.05) is 0 Å². The minimum absolute atomic E-state index is 0.0440. The second-order valence-corrected chi connectivity index (χ2v) is 1.53. The number of carbonyl (C=O) groups excluding carboxylic acids is 2. The van der Waals surface area contributed by atoms with Crippen LogP contribution in [0.25, 0.3) is 0 Å². The van der Waals surface area contributed by atoms with Crippen molar-refractivity contribution >= 4 is 12.6 Å². The largest absolute Gasteiger partial charge is 0.306 e. The number of hydrogen-bond donors (Lipinski definition) is 1. The molecule has 6 nitrogen and oxygen atoms in total. The van der Waals surface area contributed by atoms with Crippen molar-refractivity contribution in [3.05, 3.63) is 11.4 Å². The van der Waals surface area contributed by atoms with E-state index in [0.29, 0.717) is 17.5 Å². The summed E-state index contributed by atoms with van der Waals surface area (Å²) in [6, 6.07) is 0. The lowest BCUT2D eigenvalue weighted by atomic mass is 10.4. The van der Waals surface area contributed by atoms with Crippen LogP contribution in [0.3, 0.4) is 0 Å². The van der Waals surface area contributed by atoms with Gasteiger partial charge in [-0.2, -0.15) is 0 Å².